The van der Waals surface area contributed by atoms with Gasteiger partial charge in [0.05, 0.1) is 18.8 Å². The SMILES string of the molecule is CCCCC1(OCC2CO2)CCC[Si](OC)(OC)C1(CCC)OC. The van der Waals surface area contributed by atoms with Crippen molar-refractivity contribution in [1.29, 1.82) is 0 Å². The molecule has 6 heteroatoms. The Hall–Kier alpha value is 0.0169. The summed E-state index contributed by atoms with van der Waals surface area (Å²) in [7, 11) is 2.84. The van der Waals surface area contributed by atoms with Crippen molar-refractivity contribution in [3.05, 3.63) is 0 Å². The van der Waals surface area contributed by atoms with Crippen LogP contribution in [0.4, 0.5) is 0 Å². The molecule has 0 aromatic carbocycles. The highest BCUT2D eigenvalue weighted by Crippen LogP contribution is 2.53. The maximum atomic E-state index is 6.64. The first kappa shape index (κ1) is 20.3. The highest BCUT2D eigenvalue weighted by atomic mass is 28.4. The Morgan fingerprint density at radius 1 is 1.08 bits per heavy atom. The van der Waals surface area contributed by atoms with Gasteiger partial charge in [0.15, 0.2) is 0 Å². The number of ether oxygens (including phenoxy) is 3. The predicted molar refractivity (Wildman–Crippen MR) is 96.4 cm³/mol. The zero-order valence-electron chi connectivity index (χ0n) is 16.2. The van der Waals surface area contributed by atoms with Crippen molar-refractivity contribution in [1.82, 2.24) is 0 Å². The first-order valence-electron chi connectivity index (χ1n) is 9.50. The van der Waals surface area contributed by atoms with Crippen LogP contribution in [0.15, 0.2) is 0 Å². The van der Waals surface area contributed by atoms with Gasteiger partial charge in [-0.25, -0.2) is 0 Å². The first-order chi connectivity index (χ1) is 11.6. The standard InChI is InChI=1S/C18H36O5Si/c1-6-8-11-17(23-15-16-14-22-16)12-9-13-24(20-4,21-5)18(17,19-3)10-7-2/h16H,6-15H2,1-5H3. The molecule has 0 aromatic heterocycles. The molecule has 0 bridgehead atoms. The Morgan fingerprint density at radius 2 is 1.79 bits per heavy atom. The maximum absolute atomic E-state index is 6.64. The van der Waals surface area contributed by atoms with Crippen molar-refractivity contribution in [2.75, 3.05) is 34.5 Å². The third kappa shape index (κ3) is 3.46. The molecule has 0 aromatic rings. The molecule has 0 spiro atoms. The van der Waals surface area contributed by atoms with Crippen LogP contribution in [0.1, 0.15) is 58.8 Å². The molecule has 0 saturated carbocycles. The summed E-state index contributed by atoms with van der Waals surface area (Å²) >= 11 is 0. The van der Waals surface area contributed by atoms with E-state index in [0.717, 1.165) is 57.6 Å². The van der Waals surface area contributed by atoms with Gasteiger partial charge in [-0.15, -0.1) is 0 Å². The smallest absolute Gasteiger partial charge is 0.373 e. The number of unbranched alkanes of at least 4 members (excludes halogenated alkanes) is 1. The summed E-state index contributed by atoms with van der Waals surface area (Å²) < 4.78 is 30.6. The van der Waals surface area contributed by atoms with Gasteiger partial charge in [-0.1, -0.05) is 33.1 Å². The van der Waals surface area contributed by atoms with E-state index in [0.29, 0.717) is 6.61 Å². The van der Waals surface area contributed by atoms with Crippen molar-refractivity contribution < 1.29 is 23.1 Å². The van der Waals surface area contributed by atoms with E-state index in [1.165, 1.54) is 0 Å². The molecule has 2 rings (SSSR count). The van der Waals surface area contributed by atoms with Crippen LogP contribution >= 0.6 is 0 Å². The van der Waals surface area contributed by atoms with Crippen LogP contribution in [0.5, 0.6) is 0 Å². The molecule has 3 atom stereocenters. The Bertz CT molecular complexity index is 386. The van der Waals surface area contributed by atoms with E-state index in [-0.39, 0.29) is 11.7 Å². The average Bonchev–Trinajstić information content (AvgIpc) is 3.44. The van der Waals surface area contributed by atoms with Crippen molar-refractivity contribution >= 4 is 8.56 Å². The molecule has 2 fully saturated rings. The molecule has 0 radical (unpaired) electrons. The number of hydrogen-bond acceptors (Lipinski definition) is 5. The first-order valence-corrected chi connectivity index (χ1v) is 11.5. The fourth-order valence-electron chi connectivity index (χ4n) is 4.66. The van der Waals surface area contributed by atoms with E-state index < -0.39 is 13.8 Å². The third-order valence-electron chi connectivity index (χ3n) is 5.93. The summed E-state index contributed by atoms with van der Waals surface area (Å²) in [6.45, 7) is 5.89. The summed E-state index contributed by atoms with van der Waals surface area (Å²) in [5, 5.41) is -0.472. The number of methoxy groups -OCH3 is 1. The summed E-state index contributed by atoms with van der Waals surface area (Å²) in [4.78, 5) is 0. The largest absolute Gasteiger partial charge is 0.396 e. The van der Waals surface area contributed by atoms with Crippen LogP contribution in [0.3, 0.4) is 0 Å². The molecule has 142 valence electrons. The van der Waals surface area contributed by atoms with E-state index in [2.05, 4.69) is 13.8 Å². The second-order valence-electron chi connectivity index (χ2n) is 7.16. The minimum absolute atomic E-state index is 0.253. The van der Waals surface area contributed by atoms with Crippen molar-refractivity contribution in [3.63, 3.8) is 0 Å². The van der Waals surface area contributed by atoms with Crippen molar-refractivity contribution in [3.8, 4) is 0 Å². The van der Waals surface area contributed by atoms with E-state index >= 15 is 0 Å². The van der Waals surface area contributed by atoms with E-state index in [4.69, 9.17) is 23.1 Å². The van der Waals surface area contributed by atoms with E-state index in [1.807, 2.05) is 7.11 Å². The quantitative estimate of drug-likeness (QED) is 0.416. The van der Waals surface area contributed by atoms with Gasteiger partial charge in [0.25, 0.3) is 0 Å². The molecule has 2 saturated heterocycles. The normalized spacial score (nSPS) is 35.1. The molecule has 0 amide bonds. The second-order valence-corrected chi connectivity index (χ2v) is 10.8. The molecule has 0 N–H and O–H groups in total. The van der Waals surface area contributed by atoms with Crippen LogP contribution in [0.2, 0.25) is 6.04 Å². The lowest BCUT2D eigenvalue weighted by atomic mass is 9.82. The lowest BCUT2D eigenvalue weighted by molar-refractivity contribution is -0.197. The van der Waals surface area contributed by atoms with Gasteiger partial charge in [-0.05, 0) is 31.7 Å². The Kier molecular flexibility index (Phi) is 7.29. The third-order valence-corrected chi connectivity index (χ3v) is 10.4. The molecular weight excluding hydrogens is 324 g/mol. The monoisotopic (exact) mass is 360 g/mol. The van der Waals surface area contributed by atoms with Gasteiger partial charge in [0.2, 0.25) is 0 Å². The van der Waals surface area contributed by atoms with Gasteiger partial charge in [-0.2, -0.15) is 0 Å². The molecular formula is C18H36O5Si. The van der Waals surface area contributed by atoms with Crippen LogP contribution in [-0.4, -0.2) is 60.0 Å². The minimum Gasteiger partial charge on any atom is -0.396 e. The highest BCUT2D eigenvalue weighted by molar-refractivity contribution is 6.71. The second kappa shape index (κ2) is 8.60. The van der Waals surface area contributed by atoms with E-state index in [1.54, 1.807) is 14.2 Å². The van der Waals surface area contributed by atoms with E-state index in [9.17, 15) is 0 Å². The van der Waals surface area contributed by atoms with Crippen LogP contribution in [-0.2, 0) is 23.1 Å². The molecule has 2 aliphatic rings. The Balaban J connectivity index is 2.43. The number of rotatable bonds is 11. The average molecular weight is 361 g/mol. The van der Waals surface area contributed by atoms with Gasteiger partial charge >= 0.3 is 8.56 Å². The van der Waals surface area contributed by atoms with Crippen LogP contribution < -0.4 is 0 Å². The highest BCUT2D eigenvalue weighted by Gasteiger charge is 2.70. The zero-order chi connectivity index (χ0) is 17.7. The summed E-state index contributed by atoms with van der Waals surface area (Å²) in [5.41, 5.74) is -0.337. The summed E-state index contributed by atoms with van der Waals surface area (Å²) in [5.74, 6) is 0. The maximum Gasteiger partial charge on any atom is 0.373 e. The molecule has 5 nitrogen and oxygen atoms in total. The summed E-state index contributed by atoms with van der Waals surface area (Å²) in [6.07, 6.45) is 7.52. The lowest BCUT2D eigenvalue weighted by Crippen LogP contribution is -2.76. The zero-order valence-corrected chi connectivity index (χ0v) is 17.2. The minimum atomic E-state index is -2.56. The van der Waals surface area contributed by atoms with Gasteiger partial charge in [0, 0.05) is 21.3 Å². The molecule has 2 heterocycles. The number of hydrogen-bond donors (Lipinski definition) is 0. The molecule has 3 unspecified atom stereocenters. The Labute approximate surface area is 148 Å². The van der Waals surface area contributed by atoms with Crippen LogP contribution in [0, 0.1) is 0 Å². The fourth-order valence-corrected chi connectivity index (χ4v) is 8.89. The molecule has 0 aliphatic carbocycles. The van der Waals surface area contributed by atoms with Gasteiger partial charge in [-0.3, -0.25) is 0 Å². The fraction of sp³-hybridized carbons (Fsp3) is 1.00. The lowest BCUT2D eigenvalue weighted by Gasteiger charge is -2.58. The Morgan fingerprint density at radius 3 is 2.29 bits per heavy atom. The van der Waals surface area contributed by atoms with Crippen molar-refractivity contribution in [2.24, 2.45) is 0 Å². The topological polar surface area (TPSA) is 49.5 Å². The molecule has 24 heavy (non-hydrogen) atoms. The number of epoxide rings is 1. The van der Waals surface area contributed by atoms with Gasteiger partial charge in [0.1, 0.15) is 11.3 Å². The van der Waals surface area contributed by atoms with Gasteiger partial charge < -0.3 is 23.1 Å². The predicted octanol–water partition coefficient (Wildman–Crippen LogP) is 3.58. The van der Waals surface area contributed by atoms with Crippen molar-refractivity contribution in [2.45, 2.75) is 81.8 Å². The molecule has 2 aliphatic heterocycles. The van der Waals surface area contributed by atoms with Crippen LogP contribution in [0.25, 0.3) is 0 Å². The summed E-state index contributed by atoms with van der Waals surface area (Å²) in [6, 6.07) is 0.963.